The third kappa shape index (κ3) is 55.3. The maximum atomic E-state index is 12.9. The minimum absolute atomic E-state index is 0.102. The fourth-order valence-corrected chi connectivity index (χ4v) is 10.6. The highest BCUT2D eigenvalue weighted by atomic mass is 31.2. The number of carbonyl (C=O) groups excluding carboxylic acids is 4. The van der Waals surface area contributed by atoms with Crippen molar-refractivity contribution >= 4 is 39.5 Å². The number of aliphatic hydroxyl groups is 1. The van der Waals surface area contributed by atoms with Gasteiger partial charge in [-0.25, -0.2) is 9.13 Å². The molecule has 0 aliphatic carbocycles. The fraction of sp³-hybridized carbons (Fsp3) is 0.934. The summed E-state index contributed by atoms with van der Waals surface area (Å²) >= 11 is 0. The minimum Gasteiger partial charge on any atom is -0.462 e. The molecule has 0 spiro atoms. The molecule has 2 unspecified atom stereocenters. The molecule has 0 heterocycles. The van der Waals surface area contributed by atoms with Gasteiger partial charge in [-0.15, -0.1) is 0 Å². The molecule has 0 saturated heterocycles. The van der Waals surface area contributed by atoms with Crippen molar-refractivity contribution in [3.8, 4) is 0 Å². The molecule has 0 aromatic carbocycles. The lowest BCUT2D eigenvalue weighted by molar-refractivity contribution is -0.161. The summed E-state index contributed by atoms with van der Waals surface area (Å²) in [5.74, 6) is -0.769. The highest BCUT2D eigenvalue weighted by Gasteiger charge is 2.30. The monoisotopic (exact) mass is 1180 g/mol. The van der Waals surface area contributed by atoms with Gasteiger partial charge in [0.05, 0.1) is 26.4 Å². The van der Waals surface area contributed by atoms with E-state index < -0.39 is 97.5 Å². The zero-order valence-electron chi connectivity index (χ0n) is 51.4. The van der Waals surface area contributed by atoms with Gasteiger partial charge in [-0.1, -0.05) is 247 Å². The molecule has 0 aliphatic rings. The molecule has 0 saturated carbocycles. The minimum atomic E-state index is -4.94. The molecule has 0 bridgehead atoms. The van der Waals surface area contributed by atoms with E-state index in [1.54, 1.807) is 0 Å². The Morgan fingerprint density at radius 3 is 0.850 bits per heavy atom. The number of hydrogen-bond acceptors (Lipinski definition) is 15. The molecular formula is C61H118O17P2. The Labute approximate surface area is 486 Å². The Balaban J connectivity index is 5.22. The van der Waals surface area contributed by atoms with Crippen molar-refractivity contribution in [1.82, 2.24) is 0 Å². The Bertz CT molecular complexity index is 1580. The van der Waals surface area contributed by atoms with Crippen LogP contribution in [0.2, 0.25) is 0 Å². The predicted molar refractivity (Wildman–Crippen MR) is 317 cm³/mol. The van der Waals surface area contributed by atoms with Crippen LogP contribution >= 0.6 is 15.6 Å². The van der Waals surface area contributed by atoms with Gasteiger partial charge in [0, 0.05) is 25.7 Å². The van der Waals surface area contributed by atoms with Crippen molar-refractivity contribution in [2.45, 2.75) is 317 Å². The second-order valence-corrected chi connectivity index (χ2v) is 25.9. The summed E-state index contributed by atoms with van der Waals surface area (Å²) in [6.07, 6.45) is 35.1. The lowest BCUT2D eigenvalue weighted by Gasteiger charge is -2.21. The molecule has 0 aromatic heterocycles. The van der Waals surface area contributed by atoms with Crippen LogP contribution in [0, 0.1) is 11.8 Å². The first-order valence-electron chi connectivity index (χ1n) is 32.0. The van der Waals surface area contributed by atoms with E-state index in [1.807, 2.05) is 0 Å². The summed E-state index contributed by atoms with van der Waals surface area (Å²) in [5.41, 5.74) is 0. The van der Waals surface area contributed by atoms with Gasteiger partial charge in [0.25, 0.3) is 0 Å². The average Bonchev–Trinajstić information content (AvgIpc) is 3.41. The largest absolute Gasteiger partial charge is 0.472 e. The van der Waals surface area contributed by atoms with Gasteiger partial charge in [-0.3, -0.25) is 37.3 Å². The van der Waals surface area contributed by atoms with E-state index in [2.05, 4.69) is 41.5 Å². The maximum Gasteiger partial charge on any atom is 0.472 e. The summed E-state index contributed by atoms with van der Waals surface area (Å²) in [6, 6.07) is 0. The van der Waals surface area contributed by atoms with Crippen LogP contribution in [0.15, 0.2) is 0 Å². The molecule has 0 radical (unpaired) electrons. The Kier molecular flexibility index (Phi) is 52.5. The SMILES string of the molecule is CCCCCCCCCCCCCCCC(=O)O[C@H](COC(=O)CCCCCCCCCC(C)C)COP(=O)(O)OC[C@@H](O)COP(=O)(O)OC[C@@H](COC(=O)CCCCCCCCCC)OC(=O)CCCCCCCCC(C)C. The number of esters is 4. The number of rotatable bonds is 60. The molecular weight excluding hydrogens is 1070 g/mol. The van der Waals surface area contributed by atoms with Gasteiger partial charge < -0.3 is 33.8 Å². The van der Waals surface area contributed by atoms with Crippen molar-refractivity contribution in [2.75, 3.05) is 39.6 Å². The fourth-order valence-electron chi connectivity index (χ4n) is 9.00. The van der Waals surface area contributed by atoms with Crippen LogP contribution in [0.3, 0.4) is 0 Å². The number of aliphatic hydroxyl groups excluding tert-OH is 1. The maximum absolute atomic E-state index is 12.9. The number of ether oxygens (including phenoxy) is 4. The molecule has 17 nitrogen and oxygen atoms in total. The van der Waals surface area contributed by atoms with Gasteiger partial charge in [0.15, 0.2) is 12.2 Å². The van der Waals surface area contributed by atoms with Crippen LogP contribution in [-0.4, -0.2) is 96.7 Å². The first-order chi connectivity index (χ1) is 38.4. The lowest BCUT2D eigenvalue weighted by Crippen LogP contribution is -2.30. The molecule has 0 fully saturated rings. The van der Waals surface area contributed by atoms with E-state index in [9.17, 15) is 43.2 Å². The van der Waals surface area contributed by atoms with Crippen LogP contribution in [0.25, 0.3) is 0 Å². The Morgan fingerprint density at radius 1 is 0.338 bits per heavy atom. The van der Waals surface area contributed by atoms with Crippen molar-refractivity contribution in [2.24, 2.45) is 11.8 Å². The van der Waals surface area contributed by atoms with Crippen molar-refractivity contribution in [1.29, 1.82) is 0 Å². The number of carbonyl (C=O) groups is 4. The molecule has 0 amide bonds. The quantitative estimate of drug-likeness (QED) is 0.0222. The molecule has 80 heavy (non-hydrogen) atoms. The number of unbranched alkanes of at least 4 members (excludes halogenated alkanes) is 30. The zero-order valence-corrected chi connectivity index (χ0v) is 53.2. The van der Waals surface area contributed by atoms with Crippen LogP contribution in [0.4, 0.5) is 0 Å². The van der Waals surface area contributed by atoms with E-state index in [-0.39, 0.29) is 25.7 Å². The highest BCUT2D eigenvalue weighted by Crippen LogP contribution is 2.45. The number of phosphoric ester groups is 2. The predicted octanol–water partition coefficient (Wildman–Crippen LogP) is 16.5. The zero-order chi connectivity index (χ0) is 59.4. The Morgan fingerprint density at radius 2 is 0.575 bits per heavy atom. The van der Waals surface area contributed by atoms with E-state index in [1.165, 1.54) is 103 Å². The van der Waals surface area contributed by atoms with Crippen molar-refractivity contribution in [3.63, 3.8) is 0 Å². The standard InChI is InChI=1S/C61H118O17P2/c1-7-9-11-13-15-17-18-19-20-21-25-33-39-45-60(65)77-56(49-72-59(64)44-38-32-26-22-23-29-35-41-53(3)4)51-75-79(67,68)73-47-55(62)48-74-80(69,70)76-52-57(50-71-58(63)43-37-31-24-16-14-12-10-8-2)78-61(66)46-40-34-28-27-30-36-42-54(5)6/h53-57,62H,7-52H2,1-6H3,(H,67,68)(H,69,70)/t55-,56-,57-/m1/s1. The van der Waals surface area contributed by atoms with E-state index >= 15 is 0 Å². The molecule has 0 rings (SSSR count). The molecule has 0 aromatic rings. The molecule has 474 valence electrons. The van der Waals surface area contributed by atoms with Gasteiger partial charge in [0.1, 0.15) is 19.3 Å². The number of phosphoric acid groups is 2. The molecule has 0 aliphatic heterocycles. The van der Waals surface area contributed by atoms with E-state index in [4.69, 9.17) is 37.0 Å². The average molecular weight is 1190 g/mol. The van der Waals surface area contributed by atoms with Crippen LogP contribution in [-0.2, 0) is 65.4 Å². The van der Waals surface area contributed by atoms with Gasteiger partial charge in [-0.05, 0) is 37.5 Å². The van der Waals surface area contributed by atoms with Gasteiger partial charge in [0.2, 0.25) is 0 Å². The Hall–Kier alpha value is -1.94. The normalized spacial score (nSPS) is 14.4. The van der Waals surface area contributed by atoms with Crippen LogP contribution < -0.4 is 0 Å². The second kappa shape index (κ2) is 53.8. The first kappa shape index (κ1) is 78.1. The lowest BCUT2D eigenvalue weighted by atomic mass is 10.0. The first-order valence-corrected chi connectivity index (χ1v) is 35.0. The molecule has 3 N–H and O–H groups in total. The summed E-state index contributed by atoms with van der Waals surface area (Å²) in [7, 11) is -9.88. The van der Waals surface area contributed by atoms with Gasteiger partial charge in [-0.2, -0.15) is 0 Å². The third-order valence-electron chi connectivity index (χ3n) is 14.0. The third-order valence-corrected chi connectivity index (χ3v) is 15.9. The number of hydrogen-bond donors (Lipinski definition) is 3. The van der Waals surface area contributed by atoms with Crippen LogP contribution in [0.1, 0.15) is 298 Å². The topological polar surface area (TPSA) is 237 Å². The van der Waals surface area contributed by atoms with E-state index in [0.717, 1.165) is 103 Å². The molecule has 19 heteroatoms. The highest BCUT2D eigenvalue weighted by molar-refractivity contribution is 7.47. The summed E-state index contributed by atoms with van der Waals surface area (Å²) < 4.78 is 67.8. The van der Waals surface area contributed by atoms with Crippen molar-refractivity contribution < 1.29 is 80.2 Å². The van der Waals surface area contributed by atoms with Gasteiger partial charge >= 0.3 is 39.5 Å². The summed E-state index contributed by atoms with van der Waals surface area (Å²) in [6.45, 7) is 9.30. The van der Waals surface area contributed by atoms with E-state index in [0.29, 0.717) is 37.5 Å². The summed E-state index contributed by atoms with van der Waals surface area (Å²) in [4.78, 5) is 71.9. The van der Waals surface area contributed by atoms with Crippen molar-refractivity contribution in [3.05, 3.63) is 0 Å². The molecule has 5 atom stereocenters. The summed E-state index contributed by atoms with van der Waals surface area (Å²) in [5, 5.41) is 10.5. The smallest absolute Gasteiger partial charge is 0.462 e. The second-order valence-electron chi connectivity index (χ2n) is 23.0. The van der Waals surface area contributed by atoms with Crippen LogP contribution in [0.5, 0.6) is 0 Å².